The zero-order valence-electron chi connectivity index (χ0n) is 12.6. The van der Waals surface area contributed by atoms with Gasteiger partial charge in [0.2, 0.25) is 11.8 Å². The van der Waals surface area contributed by atoms with Gasteiger partial charge in [-0.15, -0.1) is 0 Å². The van der Waals surface area contributed by atoms with Crippen molar-refractivity contribution < 1.29 is 14.4 Å². The van der Waals surface area contributed by atoms with Crippen molar-refractivity contribution >= 4 is 35.0 Å². The first-order chi connectivity index (χ1) is 11.0. The second kappa shape index (κ2) is 6.29. The Labute approximate surface area is 139 Å². The fourth-order valence-electron chi connectivity index (χ4n) is 3.28. The minimum atomic E-state index is -0.463. The number of nitrogens with zero attached hydrogens (tertiary/aromatic N) is 2. The molecule has 6 nitrogen and oxygen atoms in total. The van der Waals surface area contributed by atoms with Crippen LogP contribution in [0.5, 0.6) is 0 Å². The Kier molecular flexibility index (Phi) is 4.37. The van der Waals surface area contributed by atoms with Crippen LogP contribution in [0, 0.1) is 5.92 Å². The van der Waals surface area contributed by atoms with Gasteiger partial charge in [0.25, 0.3) is 5.91 Å². The van der Waals surface area contributed by atoms with E-state index in [2.05, 4.69) is 0 Å². The predicted molar refractivity (Wildman–Crippen MR) is 85.8 cm³/mol. The molecule has 2 saturated heterocycles. The number of halogens is 1. The van der Waals surface area contributed by atoms with E-state index in [1.165, 1.54) is 4.90 Å². The lowest BCUT2D eigenvalue weighted by atomic mass is 9.95. The predicted octanol–water partition coefficient (Wildman–Crippen LogP) is 1.17. The molecule has 122 valence electrons. The smallest absolute Gasteiger partial charge is 0.251 e. The largest absolute Gasteiger partial charge is 0.369 e. The summed E-state index contributed by atoms with van der Waals surface area (Å²) in [4.78, 5) is 39.4. The Morgan fingerprint density at radius 1 is 1.22 bits per heavy atom. The van der Waals surface area contributed by atoms with E-state index in [4.69, 9.17) is 17.3 Å². The van der Waals surface area contributed by atoms with Crippen LogP contribution in [0.4, 0.5) is 5.69 Å². The molecule has 0 spiro atoms. The van der Waals surface area contributed by atoms with Gasteiger partial charge < -0.3 is 5.73 Å². The lowest BCUT2D eigenvalue weighted by Crippen LogP contribution is -2.47. The van der Waals surface area contributed by atoms with Gasteiger partial charge in [0.05, 0.1) is 18.2 Å². The van der Waals surface area contributed by atoms with Crippen LogP contribution >= 0.6 is 11.6 Å². The molecular weight excluding hydrogens is 318 g/mol. The van der Waals surface area contributed by atoms with Crippen LogP contribution < -0.4 is 10.6 Å². The Bertz CT molecular complexity index is 656. The third kappa shape index (κ3) is 3.09. The van der Waals surface area contributed by atoms with Crippen LogP contribution in [0.3, 0.4) is 0 Å². The number of likely N-dealkylation sites (tertiary alicyclic amines) is 1. The third-order valence-corrected chi connectivity index (χ3v) is 4.80. The fraction of sp³-hybridized carbons (Fsp3) is 0.438. The van der Waals surface area contributed by atoms with E-state index < -0.39 is 6.04 Å². The zero-order valence-corrected chi connectivity index (χ0v) is 13.3. The van der Waals surface area contributed by atoms with Crippen LogP contribution in [0.1, 0.15) is 19.3 Å². The van der Waals surface area contributed by atoms with Crippen LogP contribution in [-0.4, -0.2) is 41.8 Å². The quantitative estimate of drug-likeness (QED) is 0.840. The minimum Gasteiger partial charge on any atom is -0.369 e. The molecule has 2 aliphatic rings. The molecule has 0 aliphatic carbocycles. The Balaban J connectivity index is 1.73. The Morgan fingerprint density at radius 2 is 1.91 bits per heavy atom. The second-order valence-electron chi connectivity index (χ2n) is 5.98. The molecule has 1 aromatic rings. The number of imide groups is 1. The zero-order chi connectivity index (χ0) is 16.6. The van der Waals surface area contributed by atoms with Crippen LogP contribution in [-0.2, 0) is 14.4 Å². The van der Waals surface area contributed by atoms with Gasteiger partial charge in [0.1, 0.15) is 0 Å². The van der Waals surface area contributed by atoms with E-state index >= 15 is 0 Å². The first kappa shape index (κ1) is 16.0. The molecule has 2 aliphatic heterocycles. The first-order valence-corrected chi connectivity index (χ1v) is 8.01. The number of piperidine rings is 1. The summed E-state index contributed by atoms with van der Waals surface area (Å²) in [7, 11) is 0. The molecular formula is C16H18ClN3O3. The van der Waals surface area contributed by atoms with E-state index in [9.17, 15) is 14.4 Å². The van der Waals surface area contributed by atoms with Gasteiger partial charge in [0, 0.05) is 10.9 Å². The molecule has 2 N–H and O–H groups in total. The molecule has 1 atom stereocenters. The summed E-state index contributed by atoms with van der Waals surface area (Å²) in [5.74, 6) is -0.879. The average molecular weight is 336 g/mol. The highest BCUT2D eigenvalue weighted by Crippen LogP contribution is 2.29. The fourth-order valence-corrected chi connectivity index (χ4v) is 3.47. The summed E-state index contributed by atoms with van der Waals surface area (Å²) in [5.41, 5.74) is 5.83. The van der Waals surface area contributed by atoms with Crippen molar-refractivity contribution in [3.05, 3.63) is 29.3 Å². The second-order valence-corrected chi connectivity index (χ2v) is 6.42. The van der Waals surface area contributed by atoms with Gasteiger partial charge >= 0.3 is 0 Å². The number of carbonyl (C=O) groups excluding carboxylic acids is 3. The van der Waals surface area contributed by atoms with Crippen molar-refractivity contribution in [2.75, 3.05) is 18.0 Å². The summed E-state index contributed by atoms with van der Waals surface area (Å²) < 4.78 is 0. The molecule has 2 heterocycles. The van der Waals surface area contributed by atoms with Crippen molar-refractivity contribution in [2.45, 2.75) is 25.3 Å². The molecule has 0 saturated carbocycles. The van der Waals surface area contributed by atoms with Gasteiger partial charge in [-0.2, -0.15) is 0 Å². The maximum Gasteiger partial charge on any atom is 0.251 e. The van der Waals surface area contributed by atoms with Crippen molar-refractivity contribution in [2.24, 2.45) is 11.7 Å². The molecule has 3 rings (SSSR count). The number of hydrogen-bond donors (Lipinski definition) is 1. The summed E-state index contributed by atoms with van der Waals surface area (Å²) in [6.07, 6.45) is 1.42. The van der Waals surface area contributed by atoms with Crippen LogP contribution in [0.2, 0.25) is 5.02 Å². The molecule has 7 heteroatoms. The average Bonchev–Trinajstić information content (AvgIpc) is 2.82. The van der Waals surface area contributed by atoms with Crippen molar-refractivity contribution in [3.8, 4) is 0 Å². The van der Waals surface area contributed by atoms with E-state index in [-0.39, 0.29) is 30.1 Å². The summed E-state index contributed by atoms with van der Waals surface area (Å²) >= 11 is 5.95. The summed E-state index contributed by atoms with van der Waals surface area (Å²) in [6, 6.07) is 6.25. The van der Waals surface area contributed by atoms with Gasteiger partial charge in [-0.25, -0.2) is 4.90 Å². The number of anilines is 1. The number of primary amides is 1. The van der Waals surface area contributed by atoms with E-state index in [1.54, 1.807) is 24.3 Å². The Morgan fingerprint density at radius 3 is 2.52 bits per heavy atom. The van der Waals surface area contributed by atoms with Crippen molar-refractivity contribution in [1.29, 1.82) is 0 Å². The van der Waals surface area contributed by atoms with E-state index in [0.29, 0.717) is 36.6 Å². The summed E-state index contributed by atoms with van der Waals surface area (Å²) in [6.45, 7) is 1.20. The normalized spacial score (nSPS) is 23.5. The van der Waals surface area contributed by atoms with Crippen LogP contribution in [0.15, 0.2) is 24.3 Å². The molecule has 1 aromatic carbocycles. The topological polar surface area (TPSA) is 83.7 Å². The van der Waals surface area contributed by atoms with E-state index in [0.717, 1.165) is 0 Å². The number of rotatable bonds is 3. The number of amides is 3. The van der Waals surface area contributed by atoms with Gasteiger partial charge in [-0.1, -0.05) is 17.7 Å². The number of benzene rings is 1. The Hall–Kier alpha value is -1.92. The molecule has 2 fully saturated rings. The van der Waals surface area contributed by atoms with Crippen molar-refractivity contribution in [3.63, 3.8) is 0 Å². The van der Waals surface area contributed by atoms with Crippen LogP contribution in [0.25, 0.3) is 0 Å². The molecule has 1 unspecified atom stereocenters. The lowest BCUT2D eigenvalue weighted by Gasteiger charge is -2.33. The number of nitrogens with two attached hydrogens (primary N) is 1. The maximum atomic E-state index is 12.7. The van der Waals surface area contributed by atoms with Gasteiger partial charge in [-0.3, -0.25) is 19.3 Å². The van der Waals surface area contributed by atoms with Crippen molar-refractivity contribution in [1.82, 2.24) is 4.90 Å². The molecule has 0 radical (unpaired) electrons. The minimum absolute atomic E-state index is 0.137. The monoisotopic (exact) mass is 335 g/mol. The summed E-state index contributed by atoms with van der Waals surface area (Å²) in [5, 5.41) is 0.480. The highest BCUT2D eigenvalue weighted by atomic mass is 35.5. The number of carbonyl (C=O) groups is 3. The number of hydrogen-bond acceptors (Lipinski definition) is 4. The third-order valence-electron chi connectivity index (χ3n) is 4.56. The molecule has 3 amide bonds. The SMILES string of the molecule is NC(=O)C1CCN(C2CC(=O)N(c3cccc(Cl)c3)C2=O)CC1. The van der Waals surface area contributed by atoms with E-state index in [1.807, 2.05) is 4.90 Å². The highest BCUT2D eigenvalue weighted by molar-refractivity contribution is 6.31. The highest BCUT2D eigenvalue weighted by Gasteiger charge is 2.43. The van der Waals surface area contributed by atoms with Gasteiger partial charge in [0.15, 0.2) is 0 Å². The molecule has 0 bridgehead atoms. The molecule has 23 heavy (non-hydrogen) atoms. The van der Waals surface area contributed by atoms with Gasteiger partial charge in [-0.05, 0) is 44.1 Å². The lowest BCUT2D eigenvalue weighted by molar-refractivity contribution is -0.124. The molecule has 0 aromatic heterocycles. The standard InChI is InChI=1S/C16H18ClN3O3/c17-11-2-1-3-12(8-11)20-14(21)9-13(16(20)23)19-6-4-10(5-7-19)15(18)22/h1-3,8,10,13H,4-7,9H2,(H2,18,22). The maximum absolute atomic E-state index is 12.7. The first-order valence-electron chi connectivity index (χ1n) is 7.63.